The van der Waals surface area contributed by atoms with Gasteiger partial charge in [0.1, 0.15) is 0 Å². The maximum absolute atomic E-state index is 13.0. The lowest BCUT2D eigenvalue weighted by atomic mass is 9.97. The van der Waals surface area contributed by atoms with Gasteiger partial charge in [0.05, 0.1) is 32.3 Å². The van der Waals surface area contributed by atoms with E-state index in [1.165, 1.54) is 10.4 Å². The Morgan fingerprint density at radius 3 is 2.31 bits per heavy atom. The van der Waals surface area contributed by atoms with Crippen LogP contribution in [0, 0.1) is 0 Å². The van der Waals surface area contributed by atoms with Gasteiger partial charge in [-0.25, -0.2) is 0 Å². The number of piperazine rings is 1. The molecule has 0 N–H and O–H groups in total. The molecule has 160 valence electrons. The first-order chi connectivity index (χ1) is 14.2. The summed E-state index contributed by atoms with van der Waals surface area (Å²) in [4.78, 5) is 35.4. The number of hydrogen-bond donors (Lipinski definition) is 0. The Kier molecular flexibility index (Phi) is 6.85. The van der Waals surface area contributed by atoms with E-state index in [0.29, 0.717) is 39.4 Å². The van der Waals surface area contributed by atoms with Crippen LogP contribution in [0.2, 0.25) is 0 Å². The van der Waals surface area contributed by atoms with Gasteiger partial charge in [-0.05, 0) is 29.9 Å². The van der Waals surface area contributed by atoms with E-state index in [1.54, 1.807) is 0 Å². The molecular formula is C21H32N4O3S. The van der Waals surface area contributed by atoms with Gasteiger partial charge in [0.2, 0.25) is 11.8 Å². The van der Waals surface area contributed by atoms with Crippen molar-refractivity contribution in [2.24, 2.45) is 0 Å². The van der Waals surface area contributed by atoms with Gasteiger partial charge in [-0.1, -0.05) is 6.92 Å². The zero-order valence-corrected chi connectivity index (χ0v) is 18.2. The van der Waals surface area contributed by atoms with Gasteiger partial charge in [0.25, 0.3) is 0 Å². The molecule has 4 rings (SSSR count). The number of hydrogen-bond acceptors (Lipinski definition) is 6. The van der Waals surface area contributed by atoms with Crippen molar-refractivity contribution in [1.82, 2.24) is 19.6 Å². The first-order valence-corrected chi connectivity index (χ1v) is 11.7. The molecule has 0 bridgehead atoms. The van der Waals surface area contributed by atoms with Crippen molar-refractivity contribution in [3.63, 3.8) is 0 Å². The summed E-state index contributed by atoms with van der Waals surface area (Å²) in [5.74, 6) is 0.440. The first-order valence-electron chi connectivity index (χ1n) is 10.8. The van der Waals surface area contributed by atoms with Crippen LogP contribution in [-0.4, -0.2) is 104 Å². The molecule has 0 saturated carbocycles. The standard InChI is InChI=1S/C21H32N4O3S/c1-2-18-17-4-14-29-19(17)3-5-25(18)21(27)16-23-8-6-22(7-9-23)15-20(26)24-10-12-28-13-11-24/h4,14,18H,2-3,5-13,15-16H2,1H3. The minimum atomic E-state index is 0.198. The summed E-state index contributed by atoms with van der Waals surface area (Å²) in [6.45, 7) is 10.0. The van der Waals surface area contributed by atoms with Gasteiger partial charge in [0, 0.05) is 50.7 Å². The molecule has 29 heavy (non-hydrogen) atoms. The fraction of sp³-hybridized carbons (Fsp3) is 0.714. The topological polar surface area (TPSA) is 56.3 Å². The first kappa shape index (κ1) is 20.8. The lowest BCUT2D eigenvalue weighted by Gasteiger charge is -2.39. The number of carbonyl (C=O) groups is 2. The van der Waals surface area contributed by atoms with Crippen LogP contribution >= 0.6 is 11.3 Å². The Hall–Kier alpha value is -1.48. The van der Waals surface area contributed by atoms with E-state index in [-0.39, 0.29) is 17.9 Å². The van der Waals surface area contributed by atoms with Crippen molar-refractivity contribution >= 4 is 23.2 Å². The van der Waals surface area contributed by atoms with Crippen molar-refractivity contribution in [2.45, 2.75) is 25.8 Å². The normalized spacial score (nSPS) is 23.8. The Morgan fingerprint density at radius 1 is 1.00 bits per heavy atom. The van der Waals surface area contributed by atoms with Gasteiger partial charge in [-0.2, -0.15) is 0 Å². The Bertz CT molecular complexity index is 711. The maximum atomic E-state index is 13.0. The van der Waals surface area contributed by atoms with Crippen LogP contribution in [0.15, 0.2) is 11.4 Å². The van der Waals surface area contributed by atoms with Crippen molar-refractivity contribution in [3.8, 4) is 0 Å². The molecule has 3 aliphatic heterocycles. The molecular weight excluding hydrogens is 388 g/mol. The van der Waals surface area contributed by atoms with E-state index in [0.717, 1.165) is 45.6 Å². The van der Waals surface area contributed by atoms with Crippen LogP contribution in [0.25, 0.3) is 0 Å². The highest BCUT2D eigenvalue weighted by atomic mass is 32.1. The summed E-state index contributed by atoms with van der Waals surface area (Å²) in [6, 6.07) is 2.42. The SMILES string of the molecule is CCC1c2ccsc2CCN1C(=O)CN1CCN(CC(=O)N2CCOCC2)CC1. The number of amides is 2. The quantitative estimate of drug-likeness (QED) is 0.713. The molecule has 0 aliphatic carbocycles. The van der Waals surface area contributed by atoms with Crippen LogP contribution in [-0.2, 0) is 20.7 Å². The molecule has 2 amide bonds. The Balaban J connectivity index is 1.24. The summed E-state index contributed by atoms with van der Waals surface area (Å²) < 4.78 is 5.32. The highest BCUT2D eigenvalue weighted by Crippen LogP contribution is 2.35. The number of ether oxygens (including phenoxy) is 1. The van der Waals surface area contributed by atoms with Crippen molar-refractivity contribution in [1.29, 1.82) is 0 Å². The number of rotatable bonds is 5. The molecule has 1 atom stereocenters. The predicted molar refractivity (Wildman–Crippen MR) is 113 cm³/mol. The molecule has 8 heteroatoms. The van der Waals surface area contributed by atoms with Gasteiger partial charge in [-0.3, -0.25) is 19.4 Å². The second kappa shape index (κ2) is 9.55. The fourth-order valence-electron chi connectivity index (χ4n) is 4.63. The van der Waals surface area contributed by atoms with E-state index in [1.807, 2.05) is 16.2 Å². The number of carbonyl (C=O) groups excluding carboxylic acids is 2. The lowest BCUT2D eigenvalue weighted by Crippen LogP contribution is -2.53. The number of morpholine rings is 1. The Morgan fingerprint density at radius 2 is 1.66 bits per heavy atom. The second-order valence-electron chi connectivity index (χ2n) is 8.11. The minimum Gasteiger partial charge on any atom is -0.378 e. The molecule has 2 fully saturated rings. The molecule has 7 nitrogen and oxygen atoms in total. The van der Waals surface area contributed by atoms with E-state index in [9.17, 15) is 9.59 Å². The lowest BCUT2D eigenvalue weighted by molar-refractivity contribution is -0.138. The summed E-state index contributed by atoms with van der Waals surface area (Å²) in [7, 11) is 0. The van der Waals surface area contributed by atoms with E-state index < -0.39 is 0 Å². The maximum Gasteiger partial charge on any atom is 0.237 e. The molecule has 0 spiro atoms. The smallest absolute Gasteiger partial charge is 0.237 e. The van der Waals surface area contributed by atoms with Crippen LogP contribution in [0.4, 0.5) is 0 Å². The summed E-state index contributed by atoms with van der Waals surface area (Å²) in [6.07, 6.45) is 1.94. The molecule has 4 heterocycles. The molecule has 3 aliphatic rings. The van der Waals surface area contributed by atoms with Gasteiger partial charge in [0.15, 0.2) is 0 Å². The van der Waals surface area contributed by atoms with Gasteiger partial charge >= 0.3 is 0 Å². The minimum absolute atomic E-state index is 0.198. The van der Waals surface area contributed by atoms with E-state index in [2.05, 4.69) is 33.1 Å². The number of nitrogens with zero attached hydrogens (tertiary/aromatic N) is 4. The van der Waals surface area contributed by atoms with Crippen molar-refractivity contribution in [2.75, 3.05) is 72.1 Å². The average Bonchev–Trinajstić information content (AvgIpc) is 3.24. The largest absolute Gasteiger partial charge is 0.378 e. The molecule has 2 saturated heterocycles. The summed E-state index contributed by atoms with van der Waals surface area (Å²) in [5.41, 5.74) is 1.35. The molecule has 0 radical (unpaired) electrons. The molecule has 1 unspecified atom stereocenters. The zero-order chi connectivity index (χ0) is 20.2. The predicted octanol–water partition coefficient (Wildman–Crippen LogP) is 1.06. The van der Waals surface area contributed by atoms with E-state index in [4.69, 9.17) is 4.74 Å². The number of thiophene rings is 1. The van der Waals surface area contributed by atoms with Gasteiger partial charge in [-0.15, -0.1) is 11.3 Å². The molecule has 1 aromatic heterocycles. The number of fused-ring (bicyclic) bond motifs is 1. The third-order valence-corrected chi connectivity index (χ3v) is 7.34. The van der Waals surface area contributed by atoms with Crippen molar-refractivity contribution in [3.05, 3.63) is 21.9 Å². The van der Waals surface area contributed by atoms with Crippen LogP contribution in [0.3, 0.4) is 0 Å². The van der Waals surface area contributed by atoms with Gasteiger partial charge < -0.3 is 14.5 Å². The zero-order valence-electron chi connectivity index (χ0n) is 17.3. The second-order valence-corrected chi connectivity index (χ2v) is 9.11. The third-order valence-electron chi connectivity index (χ3n) is 6.35. The monoisotopic (exact) mass is 420 g/mol. The van der Waals surface area contributed by atoms with Crippen LogP contribution in [0.1, 0.15) is 29.8 Å². The van der Waals surface area contributed by atoms with E-state index >= 15 is 0 Å². The highest BCUT2D eigenvalue weighted by Gasteiger charge is 2.31. The molecule has 0 aromatic carbocycles. The molecule has 1 aromatic rings. The van der Waals surface area contributed by atoms with Crippen LogP contribution in [0.5, 0.6) is 0 Å². The fourth-order valence-corrected chi connectivity index (χ4v) is 5.56. The highest BCUT2D eigenvalue weighted by molar-refractivity contribution is 7.10. The summed E-state index contributed by atoms with van der Waals surface area (Å²) in [5, 5.41) is 2.15. The average molecular weight is 421 g/mol. The van der Waals surface area contributed by atoms with Crippen LogP contribution < -0.4 is 0 Å². The third kappa shape index (κ3) is 4.82. The van der Waals surface area contributed by atoms with Crippen molar-refractivity contribution < 1.29 is 14.3 Å². The summed E-state index contributed by atoms with van der Waals surface area (Å²) >= 11 is 1.82. The Labute approximate surface area is 177 Å².